The molecule has 3 aromatic carbocycles. The summed E-state index contributed by atoms with van der Waals surface area (Å²) >= 11 is 0. The summed E-state index contributed by atoms with van der Waals surface area (Å²) in [5, 5.41) is 9.65. The van der Waals surface area contributed by atoms with Crippen LogP contribution in [-0.4, -0.2) is 23.2 Å². The third kappa shape index (κ3) is 5.61. The van der Waals surface area contributed by atoms with Crippen molar-refractivity contribution < 1.29 is 9.47 Å². The largest absolute Gasteiger partial charge is 0.490 e. The molecule has 0 fully saturated rings. The molecule has 0 saturated heterocycles. The third-order valence-corrected chi connectivity index (χ3v) is 5.28. The molecule has 0 saturated carbocycles. The van der Waals surface area contributed by atoms with Gasteiger partial charge in [-0.15, -0.1) is 0 Å². The van der Waals surface area contributed by atoms with Crippen molar-refractivity contribution in [3.8, 4) is 17.6 Å². The molecule has 0 bridgehead atoms. The number of nitriles is 1. The second-order valence-electron chi connectivity index (χ2n) is 8.82. The molecule has 1 N–H and O–H groups in total. The molecule has 0 radical (unpaired) electrons. The number of hydrogen-bond acceptors (Lipinski definition) is 4. The van der Waals surface area contributed by atoms with E-state index >= 15 is 0 Å². The van der Waals surface area contributed by atoms with E-state index < -0.39 is 0 Å². The molecule has 166 valence electrons. The Hall–Kier alpha value is -4.04. The average Bonchev–Trinajstić information content (AvgIpc) is 3.24. The van der Waals surface area contributed by atoms with E-state index in [-0.39, 0.29) is 5.41 Å². The quantitative estimate of drug-likeness (QED) is 0.269. The number of nitrogens with one attached hydrogen (secondary N) is 1. The first-order valence-electron chi connectivity index (χ1n) is 11.0. The van der Waals surface area contributed by atoms with Crippen LogP contribution in [0.2, 0.25) is 0 Å². The highest BCUT2D eigenvalue weighted by atomic mass is 16.5. The zero-order chi connectivity index (χ0) is 23.3. The first kappa shape index (κ1) is 22.2. The molecule has 4 rings (SSSR count). The fourth-order valence-corrected chi connectivity index (χ4v) is 3.46. The van der Waals surface area contributed by atoms with E-state index in [4.69, 9.17) is 9.47 Å². The van der Waals surface area contributed by atoms with Gasteiger partial charge in [0.1, 0.15) is 36.6 Å². The molecule has 33 heavy (non-hydrogen) atoms. The number of hydrogen-bond donors (Lipinski definition) is 1. The maximum atomic E-state index is 9.65. The van der Waals surface area contributed by atoms with Crippen LogP contribution in [-0.2, 0) is 5.41 Å². The van der Waals surface area contributed by atoms with E-state index in [1.165, 1.54) is 5.56 Å². The predicted octanol–water partition coefficient (Wildman–Crippen LogP) is 6.38. The van der Waals surface area contributed by atoms with Crippen LogP contribution in [0.25, 0.3) is 22.7 Å². The van der Waals surface area contributed by atoms with E-state index in [9.17, 15) is 5.26 Å². The lowest BCUT2D eigenvalue weighted by molar-refractivity contribution is 0.217. The standard InChI is InChI=1S/C28H27N3O2/c1-28(2,3)22-11-13-23(14-12-22)32-15-16-33-24-8-6-7-20(18-24)17-21(19-29)27-30-25-9-4-5-10-26(25)31-27/h4-14,17-18H,15-16H2,1-3H3,(H,30,31)/b21-17+. The van der Waals surface area contributed by atoms with Gasteiger partial charge in [-0.3, -0.25) is 0 Å². The summed E-state index contributed by atoms with van der Waals surface area (Å²) < 4.78 is 11.7. The summed E-state index contributed by atoms with van der Waals surface area (Å²) in [7, 11) is 0. The normalized spacial score (nSPS) is 11.9. The van der Waals surface area contributed by atoms with Gasteiger partial charge >= 0.3 is 0 Å². The van der Waals surface area contributed by atoms with Crippen molar-refractivity contribution in [1.29, 1.82) is 5.26 Å². The highest BCUT2D eigenvalue weighted by Crippen LogP contribution is 2.24. The molecular formula is C28H27N3O2. The van der Waals surface area contributed by atoms with E-state index in [1.807, 2.05) is 60.7 Å². The molecule has 5 heteroatoms. The Morgan fingerprint density at radius 2 is 1.67 bits per heavy atom. The molecule has 1 heterocycles. The van der Waals surface area contributed by atoms with Crippen molar-refractivity contribution in [2.45, 2.75) is 26.2 Å². The molecule has 5 nitrogen and oxygen atoms in total. The predicted molar refractivity (Wildman–Crippen MR) is 132 cm³/mol. The molecule has 0 aliphatic carbocycles. The summed E-state index contributed by atoms with van der Waals surface area (Å²) in [5.41, 5.74) is 4.46. The Kier molecular flexibility index (Phi) is 6.46. The molecule has 0 aliphatic heterocycles. The minimum absolute atomic E-state index is 0.122. The SMILES string of the molecule is CC(C)(C)c1ccc(OCCOc2cccc(/C=C(\C#N)c3nc4ccccc4[nH]3)c2)cc1. The minimum atomic E-state index is 0.122. The van der Waals surface area contributed by atoms with Gasteiger partial charge < -0.3 is 14.5 Å². The number of rotatable bonds is 7. The highest BCUT2D eigenvalue weighted by Gasteiger charge is 2.13. The lowest BCUT2D eigenvalue weighted by Gasteiger charge is -2.19. The van der Waals surface area contributed by atoms with Crippen LogP contribution in [0.1, 0.15) is 37.7 Å². The second-order valence-corrected chi connectivity index (χ2v) is 8.82. The van der Waals surface area contributed by atoms with Crippen LogP contribution >= 0.6 is 0 Å². The first-order chi connectivity index (χ1) is 15.9. The number of ether oxygens (including phenoxy) is 2. The number of allylic oxidation sites excluding steroid dienone is 1. The summed E-state index contributed by atoms with van der Waals surface area (Å²) in [6.45, 7) is 7.43. The molecule has 0 atom stereocenters. The smallest absolute Gasteiger partial charge is 0.149 e. The van der Waals surface area contributed by atoms with Crippen LogP contribution in [0.3, 0.4) is 0 Å². The van der Waals surface area contributed by atoms with Gasteiger partial charge in [0.15, 0.2) is 0 Å². The summed E-state index contributed by atoms with van der Waals surface area (Å²) in [4.78, 5) is 7.72. The Bertz CT molecular complexity index is 1270. The Morgan fingerprint density at radius 3 is 2.36 bits per heavy atom. The zero-order valence-electron chi connectivity index (χ0n) is 19.1. The van der Waals surface area contributed by atoms with Gasteiger partial charge in [-0.05, 0) is 59.0 Å². The third-order valence-electron chi connectivity index (χ3n) is 5.28. The number of H-pyrrole nitrogens is 1. The van der Waals surface area contributed by atoms with E-state index in [2.05, 4.69) is 48.9 Å². The summed E-state index contributed by atoms with van der Waals surface area (Å²) in [5.74, 6) is 2.10. The van der Waals surface area contributed by atoms with Gasteiger partial charge in [-0.1, -0.05) is 57.2 Å². The van der Waals surface area contributed by atoms with Crippen LogP contribution in [0.5, 0.6) is 11.5 Å². The number of nitrogens with zero attached hydrogens (tertiary/aromatic N) is 2. The Balaban J connectivity index is 1.37. The molecular weight excluding hydrogens is 410 g/mol. The van der Waals surface area contributed by atoms with Crippen LogP contribution in [0.4, 0.5) is 0 Å². The van der Waals surface area contributed by atoms with Gasteiger partial charge in [-0.2, -0.15) is 5.26 Å². The monoisotopic (exact) mass is 437 g/mol. The van der Waals surface area contributed by atoms with E-state index in [0.29, 0.717) is 24.6 Å². The topological polar surface area (TPSA) is 70.9 Å². The van der Waals surface area contributed by atoms with Gasteiger partial charge in [0.05, 0.1) is 16.6 Å². The van der Waals surface area contributed by atoms with Crippen LogP contribution < -0.4 is 9.47 Å². The summed E-state index contributed by atoms with van der Waals surface area (Å²) in [6.07, 6.45) is 1.80. The number of aromatic amines is 1. The number of benzene rings is 3. The van der Waals surface area contributed by atoms with Gasteiger partial charge in [0.2, 0.25) is 0 Å². The fraction of sp³-hybridized carbons (Fsp3) is 0.214. The zero-order valence-corrected chi connectivity index (χ0v) is 19.1. The Morgan fingerprint density at radius 1 is 0.939 bits per heavy atom. The summed E-state index contributed by atoms with van der Waals surface area (Å²) in [6, 6.07) is 25.8. The van der Waals surface area contributed by atoms with Crippen molar-refractivity contribution in [2.24, 2.45) is 0 Å². The molecule has 1 aromatic heterocycles. The van der Waals surface area contributed by atoms with Gasteiger partial charge in [0.25, 0.3) is 0 Å². The van der Waals surface area contributed by atoms with E-state index in [0.717, 1.165) is 28.1 Å². The highest BCUT2D eigenvalue weighted by molar-refractivity contribution is 5.90. The van der Waals surface area contributed by atoms with E-state index in [1.54, 1.807) is 6.08 Å². The van der Waals surface area contributed by atoms with Crippen LogP contribution in [0.15, 0.2) is 72.8 Å². The number of fused-ring (bicyclic) bond motifs is 1. The van der Waals surface area contributed by atoms with Crippen molar-refractivity contribution in [2.75, 3.05) is 13.2 Å². The molecule has 0 unspecified atom stereocenters. The lowest BCUT2D eigenvalue weighted by atomic mass is 9.87. The number of aromatic nitrogens is 2. The van der Waals surface area contributed by atoms with Crippen molar-refractivity contribution >= 4 is 22.7 Å². The second kappa shape index (κ2) is 9.62. The van der Waals surface area contributed by atoms with Gasteiger partial charge in [-0.25, -0.2) is 4.98 Å². The minimum Gasteiger partial charge on any atom is -0.490 e. The number of para-hydroxylation sites is 2. The molecule has 0 aliphatic rings. The van der Waals surface area contributed by atoms with Crippen LogP contribution in [0, 0.1) is 11.3 Å². The van der Waals surface area contributed by atoms with Crippen molar-refractivity contribution in [1.82, 2.24) is 9.97 Å². The fourth-order valence-electron chi connectivity index (χ4n) is 3.46. The number of imidazole rings is 1. The maximum absolute atomic E-state index is 9.65. The molecule has 0 spiro atoms. The molecule has 0 amide bonds. The van der Waals surface area contributed by atoms with Gasteiger partial charge in [0, 0.05) is 0 Å². The Labute approximate surface area is 194 Å². The molecule has 4 aromatic rings. The average molecular weight is 438 g/mol. The first-order valence-corrected chi connectivity index (χ1v) is 11.0. The van der Waals surface area contributed by atoms with Crippen molar-refractivity contribution in [3.05, 3.63) is 89.7 Å². The lowest BCUT2D eigenvalue weighted by Crippen LogP contribution is -2.11. The van der Waals surface area contributed by atoms with Crippen molar-refractivity contribution in [3.63, 3.8) is 0 Å². The maximum Gasteiger partial charge on any atom is 0.149 e.